The van der Waals surface area contributed by atoms with Gasteiger partial charge in [-0.2, -0.15) is 0 Å². The van der Waals surface area contributed by atoms with E-state index in [1.165, 1.54) is 23.1 Å². The lowest BCUT2D eigenvalue weighted by Gasteiger charge is -2.33. The van der Waals surface area contributed by atoms with Crippen LogP contribution in [-0.2, 0) is 26.2 Å². The number of carbonyl (C=O) groups excluding carboxylic acids is 2. The Labute approximate surface area is 212 Å². The van der Waals surface area contributed by atoms with E-state index in [1.807, 2.05) is 45.0 Å². The predicted octanol–water partition coefficient (Wildman–Crippen LogP) is 4.40. The molecule has 186 valence electrons. The molecule has 2 amide bonds. The van der Waals surface area contributed by atoms with Crippen molar-refractivity contribution < 1.29 is 18.0 Å². The first-order valence-corrected chi connectivity index (χ1v) is 13.6. The molecule has 0 aliphatic carbocycles. The van der Waals surface area contributed by atoms with Gasteiger partial charge in [-0.1, -0.05) is 61.3 Å². The topological polar surface area (TPSA) is 86.8 Å². The highest BCUT2D eigenvalue weighted by Crippen LogP contribution is 2.28. The molecule has 0 spiro atoms. The molecule has 2 aromatic rings. The first-order valence-electron chi connectivity index (χ1n) is 11.0. The van der Waals surface area contributed by atoms with Gasteiger partial charge in [-0.15, -0.1) is 0 Å². The highest BCUT2D eigenvalue weighted by atomic mass is 35.5. The fraction of sp³-hybridized carbons (Fsp3) is 0.417. The van der Waals surface area contributed by atoms with Crippen molar-refractivity contribution in [3.05, 3.63) is 63.6 Å². The molecule has 34 heavy (non-hydrogen) atoms. The maximum Gasteiger partial charge on any atom is 0.244 e. The number of carbonyl (C=O) groups is 2. The summed E-state index contributed by atoms with van der Waals surface area (Å²) in [6.45, 7) is 5.86. The van der Waals surface area contributed by atoms with Crippen molar-refractivity contribution in [2.75, 3.05) is 23.7 Å². The number of nitrogens with one attached hydrogen (secondary N) is 1. The van der Waals surface area contributed by atoms with E-state index in [4.69, 9.17) is 23.2 Å². The van der Waals surface area contributed by atoms with Gasteiger partial charge in [0.25, 0.3) is 0 Å². The summed E-state index contributed by atoms with van der Waals surface area (Å²) in [5.41, 5.74) is 2.05. The lowest BCUT2D eigenvalue weighted by atomic mass is 10.1. The molecular formula is C24H31Cl2N3O4S. The highest BCUT2D eigenvalue weighted by molar-refractivity contribution is 7.92. The zero-order valence-corrected chi connectivity index (χ0v) is 22.2. The Balaban J connectivity index is 2.46. The van der Waals surface area contributed by atoms with E-state index >= 15 is 0 Å². The molecule has 7 nitrogen and oxygen atoms in total. The van der Waals surface area contributed by atoms with Gasteiger partial charge in [0.2, 0.25) is 21.8 Å². The normalized spacial score (nSPS) is 12.2. The molecule has 0 aromatic heterocycles. The molecule has 10 heteroatoms. The Morgan fingerprint density at radius 1 is 1.06 bits per heavy atom. The Morgan fingerprint density at radius 3 is 2.29 bits per heavy atom. The smallest absolute Gasteiger partial charge is 0.244 e. The van der Waals surface area contributed by atoms with Gasteiger partial charge in [-0.3, -0.25) is 13.9 Å². The summed E-state index contributed by atoms with van der Waals surface area (Å²) in [5, 5.41) is 3.29. The van der Waals surface area contributed by atoms with Crippen molar-refractivity contribution in [3.63, 3.8) is 0 Å². The number of sulfonamides is 1. The van der Waals surface area contributed by atoms with Crippen LogP contribution in [0.25, 0.3) is 0 Å². The molecule has 0 saturated carbocycles. The van der Waals surface area contributed by atoms with Crippen LogP contribution in [0.15, 0.2) is 42.5 Å². The van der Waals surface area contributed by atoms with Gasteiger partial charge in [0.05, 0.1) is 22.0 Å². The molecular weight excluding hydrogens is 497 g/mol. The second kappa shape index (κ2) is 12.4. The van der Waals surface area contributed by atoms with E-state index in [1.54, 1.807) is 0 Å². The monoisotopic (exact) mass is 527 g/mol. The average molecular weight is 529 g/mol. The van der Waals surface area contributed by atoms with E-state index in [0.717, 1.165) is 28.1 Å². The number of nitrogens with zero attached hydrogens (tertiary/aromatic N) is 2. The van der Waals surface area contributed by atoms with Gasteiger partial charge in [0.1, 0.15) is 12.6 Å². The maximum atomic E-state index is 13.6. The van der Waals surface area contributed by atoms with Crippen molar-refractivity contribution in [3.8, 4) is 0 Å². The molecule has 0 radical (unpaired) electrons. The minimum atomic E-state index is -3.84. The summed E-state index contributed by atoms with van der Waals surface area (Å²) in [6, 6.07) is 11.2. The van der Waals surface area contributed by atoms with Crippen LogP contribution in [-0.4, -0.2) is 50.5 Å². The van der Waals surface area contributed by atoms with Gasteiger partial charge < -0.3 is 10.2 Å². The Hall–Kier alpha value is -2.29. The van der Waals surface area contributed by atoms with Gasteiger partial charge in [0, 0.05) is 13.1 Å². The first kappa shape index (κ1) is 28.0. The second-order valence-corrected chi connectivity index (χ2v) is 10.8. The SMILES string of the molecule is CCCNC(=O)[C@@H](CC)N(Cc1ccccc1C)C(=O)CN(c1ccc(Cl)c(Cl)c1)S(C)(=O)=O. The number of halogens is 2. The first-order chi connectivity index (χ1) is 16.0. The number of hydrogen-bond acceptors (Lipinski definition) is 4. The molecule has 2 rings (SSSR count). The quantitative estimate of drug-likeness (QED) is 0.469. The molecule has 0 unspecified atom stereocenters. The Bertz CT molecular complexity index is 1120. The summed E-state index contributed by atoms with van der Waals surface area (Å²) in [7, 11) is -3.84. The fourth-order valence-electron chi connectivity index (χ4n) is 3.51. The van der Waals surface area contributed by atoms with E-state index in [9.17, 15) is 18.0 Å². The number of benzene rings is 2. The van der Waals surface area contributed by atoms with Crippen LogP contribution in [0.2, 0.25) is 10.0 Å². The van der Waals surface area contributed by atoms with Crippen molar-refractivity contribution in [2.45, 2.75) is 46.2 Å². The van der Waals surface area contributed by atoms with Crippen LogP contribution in [0.1, 0.15) is 37.8 Å². The van der Waals surface area contributed by atoms with Crippen LogP contribution >= 0.6 is 23.2 Å². The minimum absolute atomic E-state index is 0.169. The largest absolute Gasteiger partial charge is 0.354 e. The third-order valence-electron chi connectivity index (χ3n) is 5.41. The summed E-state index contributed by atoms with van der Waals surface area (Å²) in [5.74, 6) is -0.773. The number of anilines is 1. The number of hydrogen-bond donors (Lipinski definition) is 1. The standard InChI is InChI=1S/C24H31Cl2N3O4S/c1-5-13-27-24(31)22(6-2)28(15-18-10-8-7-9-17(18)3)23(30)16-29(34(4,32)33)19-11-12-20(25)21(26)14-19/h7-12,14,22H,5-6,13,15-16H2,1-4H3,(H,27,31)/t22-/m1/s1. The number of rotatable bonds is 11. The van der Waals surface area contributed by atoms with E-state index in [0.29, 0.717) is 13.0 Å². The van der Waals surface area contributed by atoms with Gasteiger partial charge >= 0.3 is 0 Å². The van der Waals surface area contributed by atoms with Crippen LogP contribution in [0.3, 0.4) is 0 Å². The van der Waals surface area contributed by atoms with Crippen LogP contribution < -0.4 is 9.62 Å². The van der Waals surface area contributed by atoms with Crippen molar-refractivity contribution in [1.82, 2.24) is 10.2 Å². The van der Waals surface area contributed by atoms with E-state index < -0.39 is 28.5 Å². The molecule has 0 aliphatic heterocycles. The second-order valence-electron chi connectivity index (χ2n) is 8.03. The molecule has 0 heterocycles. The minimum Gasteiger partial charge on any atom is -0.354 e. The molecule has 0 bridgehead atoms. The number of aryl methyl sites for hydroxylation is 1. The predicted molar refractivity (Wildman–Crippen MR) is 138 cm³/mol. The third-order valence-corrected chi connectivity index (χ3v) is 7.29. The van der Waals surface area contributed by atoms with Gasteiger partial charge in [-0.25, -0.2) is 8.42 Å². The third kappa shape index (κ3) is 7.35. The van der Waals surface area contributed by atoms with Gasteiger partial charge in [-0.05, 0) is 49.1 Å². The van der Waals surface area contributed by atoms with Crippen molar-refractivity contribution >= 4 is 50.7 Å². The highest BCUT2D eigenvalue weighted by Gasteiger charge is 2.32. The van der Waals surface area contributed by atoms with Crippen molar-refractivity contribution in [2.24, 2.45) is 0 Å². The average Bonchev–Trinajstić information content (AvgIpc) is 2.78. The van der Waals surface area contributed by atoms with Crippen LogP contribution in [0.5, 0.6) is 0 Å². The summed E-state index contributed by atoms with van der Waals surface area (Å²) >= 11 is 12.1. The molecule has 0 aliphatic rings. The van der Waals surface area contributed by atoms with Crippen LogP contribution in [0.4, 0.5) is 5.69 Å². The molecule has 1 N–H and O–H groups in total. The summed E-state index contributed by atoms with van der Waals surface area (Å²) in [6.07, 6.45) is 2.14. The molecule has 0 fully saturated rings. The molecule has 2 aromatic carbocycles. The summed E-state index contributed by atoms with van der Waals surface area (Å²) < 4.78 is 26.2. The van der Waals surface area contributed by atoms with E-state index in [2.05, 4.69) is 5.32 Å². The fourth-order valence-corrected chi connectivity index (χ4v) is 4.64. The molecule has 0 saturated heterocycles. The zero-order chi connectivity index (χ0) is 25.5. The zero-order valence-electron chi connectivity index (χ0n) is 19.8. The Morgan fingerprint density at radius 2 is 1.74 bits per heavy atom. The van der Waals surface area contributed by atoms with Crippen LogP contribution in [0, 0.1) is 6.92 Å². The van der Waals surface area contributed by atoms with Gasteiger partial charge in [0.15, 0.2) is 0 Å². The summed E-state index contributed by atoms with van der Waals surface area (Å²) in [4.78, 5) is 28.0. The van der Waals surface area contributed by atoms with Crippen molar-refractivity contribution in [1.29, 1.82) is 0 Å². The molecule has 1 atom stereocenters. The Kier molecular flexibility index (Phi) is 10.2. The lowest BCUT2D eigenvalue weighted by molar-refractivity contribution is -0.140. The maximum absolute atomic E-state index is 13.6. The van der Waals surface area contributed by atoms with E-state index in [-0.39, 0.29) is 28.2 Å². The number of amides is 2. The lowest BCUT2D eigenvalue weighted by Crippen LogP contribution is -2.52.